The van der Waals surface area contributed by atoms with Crippen LogP contribution in [0.2, 0.25) is 0 Å². The minimum Gasteiger partial charge on any atom is -0.445 e. The Morgan fingerprint density at radius 2 is 1.29 bits per heavy atom. The van der Waals surface area contributed by atoms with Gasteiger partial charge in [0, 0.05) is 5.92 Å². The van der Waals surface area contributed by atoms with Crippen molar-refractivity contribution in [2.45, 2.75) is 105 Å². The summed E-state index contributed by atoms with van der Waals surface area (Å²) in [5.41, 5.74) is 6.91. The minimum absolute atomic E-state index is 0.0116. The third-order valence-corrected chi connectivity index (χ3v) is 6.54. The zero-order chi connectivity index (χ0) is 31.1. The number of ketones is 1. The van der Waals surface area contributed by atoms with Gasteiger partial charge in [-0.1, -0.05) is 78.8 Å². The van der Waals surface area contributed by atoms with Gasteiger partial charge in [-0.05, 0) is 49.0 Å². The van der Waals surface area contributed by atoms with E-state index in [0.29, 0.717) is 25.5 Å². The largest absolute Gasteiger partial charge is 0.445 e. The number of Topliss-reactive ketones (excluding diaryl/α,β-unsaturated/α-hetero) is 1. The highest BCUT2D eigenvalue weighted by atomic mass is 16.5. The molecule has 10 nitrogen and oxygen atoms in total. The summed E-state index contributed by atoms with van der Waals surface area (Å²) >= 11 is 0. The second-order valence-electron chi connectivity index (χ2n) is 12.1. The molecule has 1 unspecified atom stereocenters. The molecule has 10 heteroatoms. The Hall–Kier alpha value is -3.27. The van der Waals surface area contributed by atoms with Crippen LogP contribution in [-0.2, 0) is 30.5 Å². The van der Waals surface area contributed by atoms with Crippen molar-refractivity contribution >= 4 is 30.0 Å². The average Bonchev–Trinajstić information content (AvgIpc) is 2.89. The fraction of sp³-hybridized carbons (Fsp3) is 0.645. The van der Waals surface area contributed by atoms with Gasteiger partial charge in [0.15, 0.2) is 5.78 Å². The second kappa shape index (κ2) is 18.2. The number of alkyl carbamates (subject to hydrolysis) is 1. The molecular formula is C31H50N4O6. The molecule has 0 aliphatic heterocycles. The van der Waals surface area contributed by atoms with Gasteiger partial charge >= 0.3 is 6.09 Å². The molecule has 1 aromatic rings. The van der Waals surface area contributed by atoms with E-state index in [9.17, 15) is 24.0 Å². The summed E-state index contributed by atoms with van der Waals surface area (Å²) in [5.74, 6) is -1.61. The van der Waals surface area contributed by atoms with Crippen molar-refractivity contribution in [1.82, 2.24) is 16.0 Å². The smallest absolute Gasteiger partial charge is 0.408 e. The molecule has 3 amide bonds. The van der Waals surface area contributed by atoms with Crippen LogP contribution in [-0.4, -0.2) is 54.1 Å². The molecule has 0 spiro atoms. The fourth-order valence-corrected chi connectivity index (χ4v) is 4.51. The zero-order valence-corrected chi connectivity index (χ0v) is 25.6. The predicted molar refractivity (Wildman–Crippen MR) is 159 cm³/mol. The van der Waals surface area contributed by atoms with Crippen molar-refractivity contribution in [3.8, 4) is 0 Å². The van der Waals surface area contributed by atoms with E-state index in [-0.39, 0.29) is 36.6 Å². The van der Waals surface area contributed by atoms with Gasteiger partial charge in [0.1, 0.15) is 25.0 Å². The average molecular weight is 575 g/mol. The van der Waals surface area contributed by atoms with E-state index in [2.05, 4.69) is 16.0 Å². The first-order valence-electron chi connectivity index (χ1n) is 14.6. The van der Waals surface area contributed by atoms with Gasteiger partial charge in [0.25, 0.3) is 0 Å². The van der Waals surface area contributed by atoms with Crippen LogP contribution in [0.15, 0.2) is 30.3 Å². The topological polar surface area (TPSA) is 157 Å². The molecule has 41 heavy (non-hydrogen) atoms. The summed E-state index contributed by atoms with van der Waals surface area (Å²) in [6, 6.07) is 5.59. The van der Waals surface area contributed by atoms with E-state index in [0.717, 1.165) is 5.56 Å². The highest BCUT2D eigenvalue weighted by molar-refractivity contribution is 5.93. The predicted octanol–water partition coefficient (Wildman–Crippen LogP) is 3.51. The van der Waals surface area contributed by atoms with Crippen LogP contribution in [0.5, 0.6) is 0 Å². The van der Waals surface area contributed by atoms with E-state index in [1.165, 1.54) is 0 Å². The van der Waals surface area contributed by atoms with Crippen molar-refractivity contribution in [3.05, 3.63) is 35.9 Å². The number of aldehydes is 1. The third kappa shape index (κ3) is 14.3. The van der Waals surface area contributed by atoms with E-state index < -0.39 is 48.0 Å². The lowest BCUT2D eigenvalue weighted by Gasteiger charge is -2.27. The van der Waals surface area contributed by atoms with Gasteiger partial charge in [0.2, 0.25) is 11.8 Å². The molecule has 0 fully saturated rings. The van der Waals surface area contributed by atoms with Gasteiger partial charge < -0.3 is 31.2 Å². The molecule has 5 N–H and O–H groups in total. The molecule has 0 aliphatic carbocycles. The molecule has 1 rings (SSSR count). The summed E-state index contributed by atoms with van der Waals surface area (Å²) in [6.07, 6.45) is 1.10. The van der Waals surface area contributed by atoms with Crippen LogP contribution in [0, 0.1) is 23.7 Å². The number of carbonyl (C=O) groups excluding carboxylic acids is 5. The summed E-state index contributed by atoms with van der Waals surface area (Å²) in [6.45, 7) is 13.3. The standard InChI is InChI=1S/C31H50N4O6/c1-19(2)13-24(17-36)33-29(38)27(16-22(7)28(37)25(32)14-20(3)4)34-30(39)26(15-21(5)6)35-31(40)41-18-23-11-9-8-10-12-23/h8-12,17,19-22,24-27H,13-16,18,32H2,1-7H3,(H,33,38)(H,34,39)(H,35,40)/t22?,24-,25-,26-,27-/m0/s1. The molecule has 0 heterocycles. The van der Waals surface area contributed by atoms with E-state index in [1.54, 1.807) is 6.92 Å². The number of nitrogens with two attached hydrogens (primary N) is 1. The van der Waals surface area contributed by atoms with Gasteiger partial charge in [0.05, 0.1) is 12.1 Å². The van der Waals surface area contributed by atoms with Crippen molar-refractivity contribution in [2.24, 2.45) is 29.4 Å². The van der Waals surface area contributed by atoms with Crippen molar-refractivity contribution in [1.29, 1.82) is 0 Å². The molecular weight excluding hydrogens is 524 g/mol. The molecule has 1 aromatic carbocycles. The lowest BCUT2D eigenvalue weighted by molar-refractivity contribution is -0.132. The first-order valence-corrected chi connectivity index (χ1v) is 14.6. The Morgan fingerprint density at radius 1 is 0.756 bits per heavy atom. The van der Waals surface area contributed by atoms with Crippen molar-refractivity contribution in [3.63, 3.8) is 0 Å². The Morgan fingerprint density at radius 3 is 1.83 bits per heavy atom. The van der Waals surface area contributed by atoms with Gasteiger partial charge in [-0.15, -0.1) is 0 Å². The normalized spacial score (nSPS) is 15.0. The third-order valence-electron chi connectivity index (χ3n) is 6.54. The van der Waals surface area contributed by atoms with E-state index >= 15 is 0 Å². The number of rotatable bonds is 18. The molecule has 0 saturated heterocycles. The van der Waals surface area contributed by atoms with Crippen LogP contribution < -0.4 is 21.7 Å². The Kier molecular flexibility index (Phi) is 15.9. The van der Waals surface area contributed by atoms with Crippen molar-refractivity contribution < 1.29 is 28.7 Å². The number of nitrogens with one attached hydrogen (secondary N) is 3. The van der Waals surface area contributed by atoms with E-state index in [1.807, 2.05) is 71.9 Å². The number of carbonyl (C=O) groups is 5. The monoisotopic (exact) mass is 574 g/mol. The molecule has 0 aliphatic rings. The maximum atomic E-state index is 13.4. The quantitative estimate of drug-likeness (QED) is 0.195. The molecule has 5 atom stereocenters. The van der Waals surface area contributed by atoms with Gasteiger partial charge in [-0.25, -0.2) is 4.79 Å². The number of ether oxygens (including phenoxy) is 1. The highest BCUT2D eigenvalue weighted by Gasteiger charge is 2.32. The molecule has 0 aromatic heterocycles. The fourth-order valence-electron chi connectivity index (χ4n) is 4.51. The second-order valence-corrected chi connectivity index (χ2v) is 12.1. The summed E-state index contributed by atoms with van der Waals surface area (Å²) in [4.78, 5) is 63.9. The van der Waals surface area contributed by atoms with Crippen LogP contribution in [0.3, 0.4) is 0 Å². The SMILES string of the molecule is CC(C)C[C@@H](C=O)NC(=O)[C@H](CC(C)C(=O)[C@@H](N)CC(C)C)NC(=O)[C@H](CC(C)C)NC(=O)OCc1ccccc1. The molecule has 0 saturated carbocycles. The van der Waals surface area contributed by atoms with Crippen LogP contribution in [0.4, 0.5) is 4.79 Å². The maximum Gasteiger partial charge on any atom is 0.408 e. The first kappa shape index (κ1) is 35.8. The number of amides is 3. The summed E-state index contributed by atoms with van der Waals surface area (Å²) in [7, 11) is 0. The first-order chi connectivity index (χ1) is 19.2. The Balaban J connectivity index is 3.08. The lowest BCUT2D eigenvalue weighted by Crippen LogP contribution is -2.56. The number of benzene rings is 1. The van der Waals surface area contributed by atoms with Gasteiger partial charge in [-0.2, -0.15) is 0 Å². The zero-order valence-electron chi connectivity index (χ0n) is 25.6. The number of hydrogen-bond donors (Lipinski definition) is 4. The van der Waals surface area contributed by atoms with E-state index in [4.69, 9.17) is 10.5 Å². The maximum absolute atomic E-state index is 13.4. The molecule has 0 radical (unpaired) electrons. The molecule has 0 bridgehead atoms. The Labute approximate surface area is 244 Å². The van der Waals surface area contributed by atoms with Crippen molar-refractivity contribution in [2.75, 3.05) is 0 Å². The van der Waals surface area contributed by atoms with Crippen LogP contribution >= 0.6 is 0 Å². The lowest BCUT2D eigenvalue weighted by atomic mass is 9.89. The van der Waals surface area contributed by atoms with Crippen LogP contribution in [0.25, 0.3) is 0 Å². The summed E-state index contributed by atoms with van der Waals surface area (Å²) < 4.78 is 5.29. The number of hydrogen-bond acceptors (Lipinski definition) is 7. The minimum atomic E-state index is -1.13. The highest BCUT2D eigenvalue weighted by Crippen LogP contribution is 2.15. The van der Waals surface area contributed by atoms with Crippen LogP contribution in [0.1, 0.15) is 79.7 Å². The van der Waals surface area contributed by atoms with Gasteiger partial charge in [-0.3, -0.25) is 14.4 Å². The molecule has 230 valence electrons. The Bertz CT molecular complexity index is 982. The summed E-state index contributed by atoms with van der Waals surface area (Å²) in [5, 5.41) is 8.02.